The second-order valence-electron chi connectivity index (χ2n) is 6.11. The molecule has 1 atom stereocenters. The first-order chi connectivity index (χ1) is 11.3. The molecule has 24 heavy (non-hydrogen) atoms. The van der Waals surface area contributed by atoms with Crippen molar-refractivity contribution >= 4 is 29.1 Å². The molecular formula is C16H17F2N3O3. The largest absolute Gasteiger partial charge is 0.325 e. The third kappa shape index (κ3) is 3.14. The summed E-state index contributed by atoms with van der Waals surface area (Å²) >= 11 is 0. The number of hydrogen-bond acceptors (Lipinski definition) is 4. The number of hydrogen-bond donors (Lipinski definition) is 2. The summed E-state index contributed by atoms with van der Waals surface area (Å²) in [5.74, 6) is -4.04. The number of imide groups is 1. The van der Waals surface area contributed by atoms with Crippen LogP contribution in [0, 0.1) is 6.92 Å². The number of carbonyl (C=O) groups is 3. The maximum atomic E-state index is 13.2. The number of rotatable bonds is 3. The van der Waals surface area contributed by atoms with Gasteiger partial charge in [-0.1, -0.05) is 6.07 Å². The van der Waals surface area contributed by atoms with Gasteiger partial charge in [0.25, 0.3) is 5.92 Å². The maximum absolute atomic E-state index is 13.2. The van der Waals surface area contributed by atoms with Crippen molar-refractivity contribution in [2.75, 3.05) is 16.8 Å². The van der Waals surface area contributed by atoms with Gasteiger partial charge in [-0.15, -0.1) is 0 Å². The van der Waals surface area contributed by atoms with Gasteiger partial charge in [-0.25, -0.2) is 8.78 Å². The molecule has 128 valence electrons. The molecule has 1 aromatic rings. The fourth-order valence-electron chi connectivity index (χ4n) is 2.90. The number of halogens is 2. The monoisotopic (exact) mass is 337 g/mol. The summed E-state index contributed by atoms with van der Waals surface area (Å²) in [5.41, 5.74) is 1.47. The quantitative estimate of drug-likeness (QED) is 0.821. The van der Waals surface area contributed by atoms with E-state index in [1.54, 1.807) is 19.1 Å². The van der Waals surface area contributed by atoms with E-state index < -0.39 is 30.8 Å². The normalized spacial score (nSPS) is 23.0. The van der Waals surface area contributed by atoms with E-state index in [9.17, 15) is 23.2 Å². The molecule has 0 spiro atoms. The van der Waals surface area contributed by atoms with Crippen LogP contribution in [0.3, 0.4) is 0 Å². The summed E-state index contributed by atoms with van der Waals surface area (Å²) in [6.45, 7) is 1.22. The van der Waals surface area contributed by atoms with E-state index in [1.165, 1.54) is 6.07 Å². The molecule has 3 rings (SSSR count). The Labute approximate surface area is 137 Å². The van der Waals surface area contributed by atoms with Gasteiger partial charge >= 0.3 is 0 Å². The zero-order valence-corrected chi connectivity index (χ0v) is 13.1. The van der Waals surface area contributed by atoms with Crippen molar-refractivity contribution in [2.45, 2.75) is 38.2 Å². The lowest BCUT2D eigenvalue weighted by Crippen LogP contribution is -2.35. The van der Waals surface area contributed by atoms with Crippen LogP contribution >= 0.6 is 0 Å². The highest BCUT2D eigenvalue weighted by atomic mass is 19.3. The average Bonchev–Trinajstić information content (AvgIpc) is 3.04. The fraction of sp³-hybridized carbons (Fsp3) is 0.438. The molecule has 2 aliphatic heterocycles. The van der Waals surface area contributed by atoms with Crippen LogP contribution < -0.4 is 15.5 Å². The highest BCUT2D eigenvalue weighted by Crippen LogP contribution is 2.30. The van der Waals surface area contributed by atoms with Crippen LogP contribution in [0.25, 0.3) is 0 Å². The Morgan fingerprint density at radius 3 is 2.54 bits per heavy atom. The molecule has 0 aliphatic carbocycles. The van der Waals surface area contributed by atoms with E-state index in [2.05, 4.69) is 10.6 Å². The first-order valence-corrected chi connectivity index (χ1v) is 7.65. The number of nitrogens with one attached hydrogen (secondary N) is 2. The Morgan fingerprint density at radius 2 is 1.96 bits per heavy atom. The number of amides is 3. The minimum Gasteiger partial charge on any atom is -0.325 e. The molecular weight excluding hydrogens is 320 g/mol. The van der Waals surface area contributed by atoms with E-state index in [0.717, 1.165) is 4.90 Å². The minimum atomic E-state index is -2.89. The third-order valence-corrected chi connectivity index (χ3v) is 4.20. The standard InChI is InChI=1S/C16H17F2N3O3/c1-9-2-3-10(6-12(9)21-13(22)4-5-14(21)23)20-15(24)11-7-16(17,18)8-19-11/h2-3,6,11,19H,4-5,7-8H2,1H3,(H,20,24). The lowest BCUT2D eigenvalue weighted by Gasteiger charge is -2.18. The molecule has 0 radical (unpaired) electrons. The summed E-state index contributed by atoms with van der Waals surface area (Å²) in [4.78, 5) is 37.0. The van der Waals surface area contributed by atoms with E-state index in [-0.39, 0.29) is 24.7 Å². The van der Waals surface area contributed by atoms with Crippen molar-refractivity contribution < 1.29 is 23.2 Å². The lowest BCUT2D eigenvalue weighted by molar-refractivity contribution is -0.121. The summed E-state index contributed by atoms with van der Waals surface area (Å²) < 4.78 is 26.4. The number of anilines is 2. The van der Waals surface area contributed by atoms with Crippen LogP contribution in [0.2, 0.25) is 0 Å². The Balaban J connectivity index is 1.78. The van der Waals surface area contributed by atoms with E-state index >= 15 is 0 Å². The third-order valence-electron chi connectivity index (χ3n) is 4.20. The lowest BCUT2D eigenvalue weighted by atomic mass is 10.1. The first kappa shape index (κ1) is 16.5. The number of aryl methyl sites for hydroxylation is 1. The molecule has 2 saturated heterocycles. The van der Waals surface area contributed by atoms with E-state index in [1.807, 2.05) is 0 Å². The SMILES string of the molecule is Cc1ccc(NC(=O)C2CC(F)(F)CN2)cc1N1C(=O)CCC1=O. The molecule has 1 unspecified atom stereocenters. The predicted molar refractivity (Wildman–Crippen MR) is 82.9 cm³/mol. The van der Waals surface area contributed by atoms with Crippen molar-refractivity contribution in [3.63, 3.8) is 0 Å². The molecule has 3 amide bonds. The Kier molecular flexibility index (Phi) is 4.08. The molecule has 0 saturated carbocycles. The number of carbonyl (C=O) groups excluding carboxylic acids is 3. The van der Waals surface area contributed by atoms with Gasteiger partial charge in [-0.05, 0) is 24.6 Å². The van der Waals surface area contributed by atoms with Gasteiger partial charge < -0.3 is 5.32 Å². The summed E-state index contributed by atoms with van der Waals surface area (Å²) in [5, 5.41) is 5.04. The van der Waals surface area contributed by atoms with Gasteiger partial charge in [-0.2, -0.15) is 0 Å². The van der Waals surface area contributed by atoms with Crippen molar-refractivity contribution in [3.8, 4) is 0 Å². The van der Waals surface area contributed by atoms with Crippen molar-refractivity contribution in [2.24, 2.45) is 0 Å². The van der Waals surface area contributed by atoms with Crippen molar-refractivity contribution in [3.05, 3.63) is 23.8 Å². The van der Waals surface area contributed by atoms with E-state index in [4.69, 9.17) is 0 Å². The maximum Gasteiger partial charge on any atom is 0.262 e. The highest BCUT2D eigenvalue weighted by Gasteiger charge is 2.42. The number of alkyl halides is 2. The van der Waals surface area contributed by atoms with Crippen LogP contribution in [0.15, 0.2) is 18.2 Å². The molecule has 2 heterocycles. The predicted octanol–water partition coefficient (Wildman–Crippen LogP) is 1.58. The number of benzene rings is 1. The van der Waals surface area contributed by atoms with Gasteiger partial charge in [0.05, 0.1) is 18.3 Å². The molecule has 2 fully saturated rings. The zero-order chi connectivity index (χ0) is 17.5. The van der Waals surface area contributed by atoms with Crippen molar-refractivity contribution in [1.82, 2.24) is 5.32 Å². The number of nitrogens with zero attached hydrogens (tertiary/aromatic N) is 1. The second-order valence-corrected chi connectivity index (χ2v) is 6.11. The summed E-state index contributed by atoms with van der Waals surface area (Å²) in [6, 6.07) is 3.82. The van der Waals surface area contributed by atoms with Crippen LogP contribution in [-0.2, 0) is 14.4 Å². The molecule has 8 heteroatoms. The zero-order valence-electron chi connectivity index (χ0n) is 13.1. The Hall–Kier alpha value is -2.35. The molecule has 0 aromatic heterocycles. The van der Waals surface area contributed by atoms with Crippen molar-refractivity contribution in [1.29, 1.82) is 0 Å². The van der Waals surface area contributed by atoms with Gasteiger partial charge in [-0.3, -0.25) is 24.6 Å². The second kappa shape index (κ2) is 5.94. The highest BCUT2D eigenvalue weighted by molar-refractivity contribution is 6.20. The van der Waals surface area contributed by atoms with E-state index in [0.29, 0.717) is 16.9 Å². The molecule has 2 N–H and O–H groups in total. The topological polar surface area (TPSA) is 78.5 Å². The fourth-order valence-corrected chi connectivity index (χ4v) is 2.90. The summed E-state index contributed by atoms with van der Waals surface area (Å²) in [6.07, 6.45) is -0.230. The van der Waals surface area contributed by atoms with Crippen LogP contribution in [0.4, 0.5) is 20.2 Å². The molecule has 6 nitrogen and oxygen atoms in total. The minimum absolute atomic E-state index is 0.163. The van der Waals surface area contributed by atoms with Gasteiger partial charge in [0.15, 0.2) is 0 Å². The Bertz CT molecular complexity index is 705. The first-order valence-electron chi connectivity index (χ1n) is 7.65. The molecule has 1 aromatic carbocycles. The van der Waals surface area contributed by atoms with Crippen LogP contribution in [-0.4, -0.2) is 36.2 Å². The van der Waals surface area contributed by atoms with Gasteiger partial charge in [0, 0.05) is 24.9 Å². The molecule has 0 bridgehead atoms. The molecule has 2 aliphatic rings. The van der Waals surface area contributed by atoms with Gasteiger partial charge in [0.1, 0.15) is 0 Å². The Morgan fingerprint density at radius 1 is 1.29 bits per heavy atom. The smallest absolute Gasteiger partial charge is 0.262 e. The van der Waals surface area contributed by atoms with Crippen LogP contribution in [0.1, 0.15) is 24.8 Å². The summed E-state index contributed by atoms with van der Waals surface area (Å²) in [7, 11) is 0. The van der Waals surface area contributed by atoms with Crippen LogP contribution in [0.5, 0.6) is 0 Å². The average molecular weight is 337 g/mol. The van der Waals surface area contributed by atoms with Gasteiger partial charge in [0.2, 0.25) is 17.7 Å².